The zero-order chi connectivity index (χ0) is 13.8. The van der Waals surface area contributed by atoms with Crippen LogP contribution >= 0.6 is 0 Å². The van der Waals surface area contributed by atoms with Gasteiger partial charge in [0.05, 0.1) is 5.69 Å². The molecule has 1 saturated carbocycles. The van der Waals surface area contributed by atoms with Gasteiger partial charge >= 0.3 is 0 Å². The van der Waals surface area contributed by atoms with Crippen LogP contribution in [0.1, 0.15) is 51.1 Å². The number of pyridine rings is 1. The maximum Gasteiger partial charge on any atom is 0.0562 e. The Hall–Kier alpha value is -1.09. The minimum absolute atomic E-state index is 0.755. The van der Waals surface area contributed by atoms with Gasteiger partial charge in [-0.3, -0.25) is 4.98 Å². The van der Waals surface area contributed by atoms with Crippen LogP contribution in [-0.4, -0.2) is 24.1 Å². The first-order chi connectivity index (χ1) is 9.85. The maximum atomic E-state index is 4.49. The molecule has 1 aliphatic carbocycles. The molecule has 3 nitrogen and oxygen atoms in total. The molecule has 1 aromatic rings. The topological polar surface area (TPSA) is 28.2 Å². The fraction of sp³-hybridized carbons (Fsp3) is 0.706. The smallest absolute Gasteiger partial charge is 0.0562 e. The molecule has 0 unspecified atom stereocenters. The number of aromatic nitrogens is 1. The average molecular weight is 273 g/mol. The predicted octanol–water partition coefficient (Wildman–Crippen LogP) is 3.35. The van der Waals surface area contributed by atoms with Gasteiger partial charge in [0.2, 0.25) is 0 Å². The van der Waals surface area contributed by atoms with E-state index in [0.717, 1.165) is 18.5 Å². The zero-order valence-corrected chi connectivity index (χ0v) is 12.6. The average Bonchev–Trinajstić information content (AvgIpc) is 3.31. The van der Waals surface area contributed by atoms with Crippen LogP contribution in [0, 0.1) is 5.92 Å². The molecule has 1 aliphatic heterocycles. The first-order valence-electron chi connectivity index (χ1n) is 8.28. The molecule has 0 aromatic carbocycles. The molecule has 0 spiro atoms. The van der Waals surface area contributed by atoms with Crippen LogP contribution < -0.4 is 10.2 Å². The molecule has 0 bridgehead atoms. The summed E-state index contributed by atoms with van der Waals surface area (Å²) in [6, 6.07) is 5.20. The minimum Gasteiger partial charge on any atom is -0.371 e. The molecule has 2 aliphatic rings. The molecule has 0 amide bonds. The molecule has 2 heterocycles. The zero-order valence-electron chi connectivity index (χ0n) is 12.6. The van der Waals surface area contributed by atoms with Gasteiger partial charge in [-0.15, -0.1) is 0 Å². The summed E-state index contributed by atoms with van der Waals surface area (Å²) in [6.07, 6.45) is 10.1. The number of anilines is 1. The number of piperidine rings is 1. The van der Waals surface area contributed by atoms with Crippen LogP contribution in [0.2, 0.25) is 0 Å². The third-order valence-corrected chi connectivity index (χ3v) is 4.63. The summed E-state index contributed by atoms with van der Waals surface area (Å²) in [7, 11) is 0. The fourth-order valence-corrected chi connectivity index (χ4v) is 3.18. The molecule has 1 aromatic heterocycles. The molecule has 1 saturated heterocycles. The van der Waals surface area contributed by atoms with Crippen molar-refractivity contribution >= 4 is 5.69 Å². The Balaban J connectivity index is 1.55. The molecule has 0 atom stereocenters. The monoisotopic (exact) mass is 273 g/mol. The summed E-state index contributed by atoms with van der Waals surface area (Å²) >= 11 is 0. The number of hydrogen-bond acceptors (Lipinski definition) is 3. The number of nitrogens with one attached hydrogen (secondary N) is 1. The second kappa shape index (κ2) is 6.57. The van der Waals surface area contributed by atoms with Crippen molar-refractivity contribution in [3.8, 4) is 0 Å². The van der Waals surface area contributed by atoms with E-state index in [4.69, 9.17) is 0 Å². The van der Waals surface area contributed by atoms with E-state index in [1.165, 1.54) is 63.0 Å². The van der Waals surface area contributed by atoms with E-state index in [0.29, 0.717) is 0 Å². The Labute approximate surface area is 122 Å². The second-order valence-corrected chi connectivity index (χ2v) is 6.38. The van der Waals surface area contributed by atoms with E-state index in [9.17, 15) is 0 Å². The van der Waals surface area contributed by atoms with Gasteiger partial charge in [0.25, 0.3) is 0 Å². The van der Waals surface area contributed by atoms with E-state index in [1.54, 1.807) is 0 Å². The highest BCUT2D eigenvalue weighted by Crippen LogP contribution is 2.26. The van der Waals surface area contributed by atoms with Crippen LogP contribution in [0.5, 0.6) is 0 Å². The lowest BCUT2D eigenvalue weighted by Crippen LogP contribution is -2.33. The molecule has 20 heavy (non-hydrogen) atoms. The standard InChI is InChI=1S/C17H27N3/c1-2-3-14-7-10-20(11-8-14)17-6-9-18-16(12-17)13-19-15-4-5-15/h6,9,12,14-15,19H,2-5,7-8,10-11,13H2,1H3. The Bertz CT molecular complexity index is 420. The molecule has 110 valence electrons. The number of nitrogens with zero attached hydrogens (tertiary/aromatic N) is 2. The van der Waals surface area contributed by atoms with Crippen LogP contribution in [0.3, 0.4) is 0 Å². The lowest BCUT2D eigenvalue weighted by molar-refractivity contribution is 0.378. The van der Waals surface area contributed by atoms with Gasteiger partial charge < -0.3 is 10.2 Å². The first kappa shape index (κ1) is 13.9. The van der Waals surface area contributed by atoms with E-state index in [2.05, 4.69) is 34.3 Å². The molecule has 3 rings (SSSR count). The summed E-state index contributed by atoms with van der Waals surface area (Å²) in [6.45, 7) is 5.65. The lowest BCUT2D eigenvalue weighted by Gasteiger charge is -2.33. The number of rotatable bonds is 6. The minimum atomic E-state index is 0.755. The van der Waals surface area contributed by atoms with Gasteiger partial charge in [0.1, 0.15) is 0 Å². The largest absolute Gasteiger partial charge is 0.371 e. The van der Waals surface area contributed by atoms with E-state index >= 15 is 0 Å². The molecule has 3 heteroatoms. The summed E-state index contributed by atoms with van der Waals surface area (Å²) in [5.74, 6) is 0.953. The molecule has 0 radical (unpaired) electrons. The summed E-state index contributed by atoms with van der Waals surface area (Å²) in [5.41, 5.74) is 2.55. The summed E-state index contributed by atoms with van der Waals surface area (Å²) in [5, 5.41) is 3.55. The van der Waals surface area contributed by atoms with E-state index in [1.807, 2.05) is 6.20 Å². The van der Waals surface area contributed by atoms with Crippen molar-refractivity contribution in [3.05, 3.63) is 24.0 Å². The number of hydrogen-bond donors (Lipinski definition) is 1. The van der Waals surface area contributed by atoms with Gasteiger partial charge in [-0.2, -0.15) is 0 Å². The Morgan fingerprint density at radius 2 is 2.05 bits per heavy atom. The third-order valence-electron chi connectivity index (χ3n) is 4.63. The van der Waals surface area contributed by atoms with E-state index < -0.39 is 0 Å². The van der Waals surface area contributed by atoms with Crippen molar-refractivity contribution in [1.82, 2.24) is 10.3 Å². The van der Waals surface area contributed by atoms with Gasteiger partial charge in [0.15, 0.2) is 0 Å². The SMILES string of the molecule is CCCC1CCN(c2ccnc(CNC3CC3)c2)CC1. The highest BCUT2D eigenvalue weighted by molar-refractivity contribution is 5.46. The van der Waals surface area contributed by atoms with Gasteiger partial charge in [-0.1, -0.05) is 19.8 Å². The van der Waals surface area contributed by atoms with Crippen molar-refractivity contribution in [2.45, 2.75) is 58.0 Å². The van der Waals surface area contributed by atoms with Crippen molar-refractivity contribution in [2.75, 3.05) is 18.0 Å². The highest BCUT2D eigenvalue weighted by Gasteiger charge is 2.21. The molecular weight excluding hydrogens is 246 g/mol. The predicted molar refractivity (Wildman–Crippen MR) is 83.9 cm³/mol. The van der Waals surface area contributed by atoms with Crippen molar-refractivity contribution in [3.63, 3.8) is 0 Å². The highest BCUT2D eigenvalue weighted by atomic mass is 15.1. The van der Waals surface area contributed by atoms with Crippen molar-refractivity contribution < 1.29 is 0 Å². The van der Waals surface area contributed by atoms with Crippen LogP contribution in [0.25, 0.3) is 0 Å². The van der Waals surface area contributed by atoms with Gasteiger partial charge in [-0.05, 0) is 43.7 Å². The first-order valence-corrected chi connectivity index (χ1v) is 8.28. The molecule has 1 N–H and O–H groups in total. The molecular formula is C17H27N3. The van der Waals surface area contributed by atoms with Crippen molar-refractivity contribution in [2.24, 2.45) is 5.92 Å². The maximum absolute atomic E-state index is 4.49. The summed E-state index contributed by atoms with van der Waals surface area (Å²) in [4.78, 5) is 7.03. The van der Waals surface area contributed by atoms with Crippen LogP contribution in [0.4, 0.5) is 5.69 Å². The van der Waals surface area contributed by atoms with Crippen LogP contribution in [0.15, 0.2) is 18.3 Å². The van der Waals surface area contributed by atoms with Crippen molar-refractivity contribution in [1.29, 1.82) is 0 Å². The van der Waals surface area contributed by atoms with E-state index in [-0.39, 0.29) is 0 Å². The Kier molecular flexibility index (Phi) is 4.56. The molecule has 2 fully saturated rings. The summed E-state index contributed by atoms with van der Waals surface area (Å²) < 4.78 is 0. The Morgan fingerprint density at radius 1 is 1.25 bits per heavy atom. The lowest BCUT2D eigenvalue weighted by atomic mass is 9.92. The third kappa shape index (κ3) is 3.72. The van der Waals surface area contributed by atoms with Crippen LogP contribution in [-0.2, 0) is 6.54 Å². The Morgan fingerprint density at radius 3 is 2.75 bits per heavy atom. The fourth-order valence-electron chi connectivity index (χ4n) is 3.18. The quantitative estimate of drug-likeness (QED) is 0.861. The van der Waals surface area contributed by atoms with Gasteiger partial charge in [0, 0.05) is 37.6 Å². The van der Waals surface area contributed by atoms with Gasteiger partial charge in [-0.25, -0.2) is 0 Å². The second-order valence-electron chi connectivity index (χ2n) is 6.38. The normalized spacial score (nSPS) is 20.4.